The zero-order valence-electron chi connectivity index (χ0n) is 17.0. The molecule has 0 spiro atoms. The van der Waals surface area contributed by atoms with E-state index in [1.807, 2.05) is 0 Å². The van der Waals surface area contributed by atoms with Gasteiger partial charge >= 0.3 is 5.97 Å². The minimum atomic E-state index is -1.03. The maximum Gasteiger partial charge on any atom is 0.341 e. The van der Waals surface area contributed by atoms with E-state index >= 15 is 0 Å². The molecular formula is C22H22N2O5S. The van der Waals surface area contributed by atoms with Gasteiger partial charge in [-0.05, 0) is 49.8 Å². The number of carbonyl (C=O) groups excluding carboxylic acids is 4. The lowest BCUT2D eigenvalue weighted by atomic mass is 9.88. The predicted molar refractivity (Wildman–Crippen MR) is 112 cm³/mol. The number of methoxy groups -OCH3 is 1. The van der Waals surface area contributed by atoms with Gasteiger partial charge in [-0.1, -0.05) is 19.1 Å². The van der Waals surface area contributed by atoms with Gasteiger partial charge in [0.1, 0.15) is 11.0 Å². The molecule has 4 rings (SSSR count). The average molecular weight is 426 g/mol. The highest BCUT2D eigenvalue weighted by atomic mass is 32.1. The van der Waals surface area contributed by atoms with E-state index in [0.717, 1.165) is 34.6 Å². The van der Waals surface area contributed by atoms with Crippen LogP contribution in [0.1, 0.15) is 61.8 Å². The minimum Gasteiger partial charge on any atom is -0.465 e. The summed E-state index contributed by atoms with van der Waals surface area (Å²) in [7, 11) is 1.31. The molecule has 0 fully saturated rings. The Morgan fingerprint density at radius 2 is 1.83 bits per heavy atom. The van der Waals surface area contributed by atoms with E-state index in [9.17, 15) is 19.2 Å². The zero-order chi connectivity index (χ0) is 21.6. The summed E-state index contributed by atoms with van der Waals surface area (Å²) in [6.07, 6.45) is 2.56. The van der Waals surface area contributed by atoms with E-state index in [-0.39, 0.29) is 11.1 Å². The van der Waals surface area contributed by atoms with Crippen molar-refractivity contribution >= 4 is 40.0 Å². The smallest absolute Gasteiger partial charge is 0.341 e. The topological polar surface area (TPSA) is 92.8 Å². The second-order valence-corrected chi connectivity index (χ2v) is 8.84. The Kier molecular flexibility index (Phi) is 5.19. The number of amides is 3. The molecule has 0 unspecified atom stereocenters. The van der Waals surface area contributed by atoms with Gasteiger partial charge in [-0.25, -0.2) is 4.79 Å². The number of ether oxygens (including phenoxy) is 1. The lowest BCUT2D eigenvalue weighted by Crippen LogP contribution is -2.45. The van der Waals surface area contributed by atoms with Gasteiger partial charge in [-0.15, -0.1) is 11.3 Å². The van der Waals surface area contributed by atoms with E-state index in [2.05, 4.69) is 12.2 Å². The van der Waals surface area contributed by atoms with Crippen LogP contribution in [0.4, 0.5) is 5.00 Å². The van der Waals surface area contributed by atoms with Crippen molar-refractivity contribution in [1.82, 2.24) is 4.90 Å². The molecule has 2 atom stereocenters. The van der Waals surface area contributed by atoms with Crippen molar-refractivity contribution < 1.29 is 23.9 Å². The van der Waals surface area contributed by atoms with Gasteiger partial charge in [-0.2, -0.15) is 0 Å². The molecule has 7 nitrogen and oxygen atoms in total. The highest BCUT2D eigenvalue weighted by Crippen LogP contribution is 2.40. The molecule has 2 aliphatic rings. The Morgan fingerprint density at radius 1 is 1.20 bits per heavy atom. The zero-order valence-corrected chi connectivity index (χ0v) is 17.8. The number of fused-ring (bicyclic) bond motifs is 2. The summed E-state index contributed by atoms with van der Waals surface area (Å²) in [6, 6.07) is 5.48. The lowest BCUT2D eigenvalue weighted by Gasteiger charge is -2.21. The second kappa shape index (κ2) is 7.68. The Labute approximate surface area is 178 Å². The number of thiophene rings is 1. The molecule has 0 bridgehead atoms. The number of nitrogens with one attached hydrogen (secondary N) is 1. The number of hydrogen-bond acceptors (Lipinski definition) is 6. The first kappa shape index (κ1) is 20.3. The summed E-state index contributed by atoms with van der Waals surface area (Å²) < 4.78 is 4.94. The van der Waals surface area contributed by atoms with Crippen LogP contribution in [-0.4, -0.2) is 41.7 Å². The minimum absolute atomic E-state index is 0.290. The van der Waals surface area contributed by atoms with Crippen LogP contribution in [0, 0.1) is 5.92 Å². The molecule has 0 saturated carbocycles. The SMILES string of the molecule is COC(=O)c1c(NC(=O)[C@H](C)N2C(=O)c3ccccc3C2=O)sc2c1CC[C@H](C)C2. The highest BCUT2D eigenvalue weighted by molar-refractivity contribution is 7.17. The van der Waals surface area contributed by atoms with Crippen LogP contribution >= 0.6 is 11.3 Å². The van der Waals surface area contributed by atoms with Gasteiger partial charge in [0.05, 0.1) is 23.8 Å². The number of anilines is 1. The van der Waals surface area contributed by atoms with Crippen LogP contribution in [-0.2, 0) is 22.4 Å². The van der Waals surface area contributed by atoms with E-state index in [0.29, 0.717) is 16.5 Å². The molecule has 1 aromatic heterocycles. The normalized spacial score (nSPS) is 18.6. The molecule has 1 N–H and O–H groups in total. The first-order chi connectivity index (χ1) is 14.3. The van der Waals surface area contributed by atoms with E-state index in [4.69, 9.17) is 4.74 Å². The van der Waals surface area contributed by atoms with Crippen molar-refractivity contribution in [1.29, 1.82) is 0 Å². The highest BCUT2D eigenvalue weighted by Gasteiger charge is 2.41. The lowest BCUT2D eigenvalue weighted by molar-refractivity contribution is -0.119. The average Bonchev–Trinajstić information content (AvgIpc) is 3.21. The number of carbonyl (C=O) groups is 4. The molecule has 2 heterocycles. The Hall–Kier alpha value is -3.00. The van der Waals surface area contributed by atoms with Crippen LogP contribution in [0.15, 0.2) is 24.3 Å². The quantitative estimate of drug-likeness (QED) is 0.598. The van der Waals surface area contributed by atoms with Crippen LogP contribution in [0.25, 0.3) is 0 Å². The van der Waals surface area contributed by atoms with Crippen molar-refractivity contribution in [2.75, 3.05) is 12.4 Å². The van der Waals surface area contributed by atoms with E-state index < -0.39 is 29.7 Å². The number of rotatable bonds is 4. The van der Waals surface area contributed by atoms with Gasteiger partial charge < -0.3 is 10.1 Å². The summed E-state index contributed by atoms with van der Waals surface area (Å²) in [5, 5.41) is 3.19. The summed E-state index contributed by atoms with van der Waals surface area (Å²) >= 11 is 1.37. The maximum absolute atomic E-state index is 13.0. The molecule has 0 radical (unpaired) electrons. The van der Waals surface area contributed by atoms with Gasteiger partial charge in [0, 0.05) is 4.88 Å². The van der Waals surface area contributed by atoms with Gasteiger partial charge in [-0.3, -0.25) is 19.3 Å². The molecule has 1 aliphatic heterocycles. The Morgan fingerprint density at radius 3 is 2.43 bits per heavy atom. The van der Waals surface area contributed by atoms with Gasteiger partial charge in [0.2, 0.25) is 5.91 Å². The number of hydrogen-bond donors (Lipinski definition) is 1. The fraction of sp³-hybridized carbons (Fsp3) is 0.364. The number of esters is 1. The molecular weight excluding hydrogens is 404 g/mol. The molecule has 156 valence electrons. The number of benzene rings is 1. The van der Waals surface area contributed by atoms with Crippen LogP contribution in [0.3, 0.4) is 0 Å². The first-order valence-corrected chi connectivity index (χ1v) is 10.7. The third-order valence-electron chi connectivity index (χ3n) is 5.73. The van der Waals surface area contributed by atoms with Crippen molar-refractivity contribution in [2.45, 2.75) is 39.2 Å². The summed E-state index contributed by atoms with van der Waals surface area (Å²) in [5.41, 5.74) is 1.89. The largest absolute Gasteiger partial charge is 0.465 e. The van der Waals surface area contributed by atoms with Crippen LogP contribution in [0.5, 0.6) is 0 Å². The molecule has 0 saturated heterocycles. The second-order valence-electron chi connectivity index (χ2n) is 7.74. The van der Waals surface area contributed by atoms with Gasteiger partial charge in [0.15, 0.2) is 0 Å². The fourth-order valence-electron chi connectivity index (χ4n) is 4.05. The Bertz CT molecular complexity index is 1040. The molecule has 1 aliphatic carbocycles. The van der Waals surface area contributed by atoms with Gasteiger partial charge in [0.25, 0.3) is 11.8 Å². The molecule has 3 amide bonds. The van der Waals surface area contributed by atoms with Crippen LogP contribution in [0.2, 0.25) is 0 Å². The predicted octanol–water partition coefficient (Wildman–Crippen LogP) is 3.28. The first-order valence-electron chi connectivity index (χ1n) is 9.84. The van der Waals surface area contributed by atoms with E-state index in [1.54, 1.807) is 24.3 Å². The molecule has 1 aromatic carbocycles. The van der Waals surface area contributed by atoms with Crippen molar-refractivity contribution in [2.24, 2.45) is 5.92 Å². The van der Waals surface area contributed by atoms with Crippen molar-refractivity contribution in [3.63, 3.8) is 0 Å². The number of imide groups is 1. The molecule has 30 heavy (non-hydrogen) atoms. The fourth-order valence-corrected chi connectivity index (χ4v) is 5.45. The monoisotopic (exact) mass is 426 g/mol. The summed E-state index contributed by atoms with van der Waals surface area (Å²) in [5.74, 6) is -1.51. The van der Waals surface area contributed by atoms with Crippen molar-refractivity contribution in [3.8, 4) is 0 Å². The summed E-state index contributed by atoms with van der Waals surface area (Å²) in [4.78, 5) is 52.8. The Balaban J connectivity index is 1.61. The molecule has 8 heteroatoms. The molecule has 2 aromatic rings. The van der Waals surface area contributed by atoms with E-state index in [1.165, 1.54) is 25.4 Å². The van der Waals surface area contributed by atoms with Crippen LogP contribution < -0.4 is 5.32 Å². The maximum atomic E-state index is 13.0. The number of nitrogens with zero attached hydrogens (tertiary/aromatic N) is 1. The standard InChI is InChI=1S/C22H22N2O5S/c1-11-8-9-15-16(10-11)30-19(17(15)22(28)29-3)23-18(25)12(2)24-20(26)13-6-4-5-7-14(13)21(24)27/h4-7,11-12H,8-10H2,1-3H3,(H,23,25)/t11-,12-/m0/s1. The summed E-state index contributed by atoms with van der Waals surface area (Å²) in [6.45, 7) is 3.66. The third-order valence-corrected chi connectivity index (χ3v) is 6.90. The third kappa shape index (κ3) is 3.21. The van der Waals surface area contributed by atoms with Crippen molar-refractivity contribution in [3.05, 3.63) is 51.4 Å².